The topological polar surface area (TPSA) is 98.0 Å². The van der Waals surface area contributed by atoms with E-state index in [0.29, 0.717) is 32.1 Å². The van der Waals surface area contributed by atoms with Crippen LogP contribution in [0.3, 0.4) is 0 Å². The van der Waals surface area contributed by atoms with Gasteiger partial charge in [0.1, 0.15) is 6.61 Å². The number of thiophene rings is 1. The van der Waals surface area contributed by atoms with Crippen molar-refractivity contribution in [2.75, 3.05) is 6.61 Å². The van der Waals surface area contributed by atoms with Gasteiger partial charge in [-0.25, -0.2) is 0 Å². The highest BCUT2D eigenvalue weighted by atomic mass is 79.9. The summed E-state index contributed by atoms with van der Waals surface area (Å²) in [5, 5.41) is 39.6. The average molecular weight is 487 g/mol. The summed E-state index contributed by atoms with van der Waals surface area (Å²) < 4.78 is 1.08. The molecule has 1 saturated carbocycles. The minimum Gasteiger partial charge on any atom is -0.393 e. The summed E-state index contributed by atoms with van der Waals surface area (Å²) in [6, 6.07) is 4.05. The highest BCUT2D eigenvalue weighted by Gasteiger charge is 2.39. The van der Waals surface area contributed by atoms with Crippen LogP contribution < -0.4 is 0 Å². The molecule has 0 aliphatic heterocycles. The molecule has 1 fully saturated rings. The van der Waals surface area contributed by atoms with Crippen LogP contribution in [0.1, 0.15) is 43.4 Å². The molecule has 1 heterocycles. The second-order valence-corrected chi connectivity index (χ2v) is 10.2. The number of halogens is 1. The molecule has 1 aromatic rings. The van der Waals surface area contributed by atoms with Crippen LogP contribution in [0, 0.1) is 11.8 Å². The van der Waals surface area contributed by atoms with Gasteiger partial charge < -0.3 is 20.4 Å². The van der Waals surface area contributed by atoms with E-state index in [1.54, 1.807) is 17.4 Å². The van der Waals surface area contributed by atoms with E-state index in [0.717, 1.165) is 16.6 Å². The Labute approximate surface area is 184 Å². The third-order valence-electron chi connectivity index (χ3n) is 5.36. The predicted octanol–water partition coefficient (Wildman–Crippen LogP) is 3.40. The fourth-order valence-corrected chi connectivity index (χ4v) is 5.20. The maximum Gasteiger partial charge on any atom is 0.158 e. The zero-order chi connectivity index (χ0) is 21.2. The summed E-state index contributed by atoms with van der Waals surface area (Å²) in [6.45, 7) is -0.402. The van der Waals surface area contributed by atoms with E-state index >= 15 is 0 Å². The minimum absolute atomic E-state index is 0.0861. The lowest BCUT2D eigenvalue weighted by Gasteiger charge is -2.19. The first-order valence-electron chi connectivity index (χ1n) is 10.1. The van der Waals surface area contributed by atoms with Crippen LogP contribution in [0.4, 0.5) is 0 Å². The van der Waals surface area contributed by atoms with Crippen molar-refractivity contribution in [3.8, 4) is 0 Å². The molecule has 2 rings (SSSR count). The number of aliphatic hydroxyl groups excluding tert-OH is 4. The molecule has 0 bridgehead atoms. The van der Waals surface area contributed by atoms with Gasteiger partial charge in [-0.1, -0.05) is 24.3 Å². The van der Waals surface area contributed by atoms with Crippen LogP contribution in [-0.4, -0.2) is 51.1 Å². The fraction of sp³-hybridized carbons (Fsp3) is 0.591. The van der Waals surface area contributed by atoms with Gasteiger partial charge in [0.15, 0.2) is 5.78 Å². The summed E-state index contributed by atoms with van der Waals surface area (Å²) in [6.07, 6.45) is 10.0. The van der Waals surface area contributed by atoms with E-state index in [1.165, 1.54) is 4.88 Å². The summed E-state index contributed by atoms with van der Waals surface area (Å²) in [4.78, 5) is 12.3. The monoisotopic (exact) mass is 486 g/mol. The maximum atomic E-state index is 11.1. The molecule has 1 aliphatic carbocycles. The first-order chi connectivity index (χ1) is 13.9. The Hall–Kier alpha value is -0.830. The van der Waals surface area contributed by atoms with E-state index in [1.807, 2.05) is 30.4 Å². The number of ketones is 1. The molecule has 0 aromatic carbocycles. The van der Waals surface area contributed by atoms with E-state index in [2.05, 4.69) is 15.9 Å². The number of Topliss-reactive ketones (excluding diaryl/α,β-unsaturated/α-hetero) is 1. The Morgan fingerprint density at radius 3 is 2.76 bits per heavy atom. The number of carbonyl (C=O) groups excluding carboxylic acids is 1. The lowest BCUT2D eigenvalue weighted by Crippen LogP contribution is -2.20. The van der Waals surface area contributed by atoms with E-state index in [9.17, 15) is 20.1 Å². The molecule has 0 spiro atoms. The predicted molar refractivity (Wildman–Crippen MR) is 119 cm³/mol. The highest BCUT2D eigenvalue weighted by molar-refractivity contribution is 9.11. The minimum atomic E-state index is -0.609. The molecule has 5 nitrogen and oxygen atoms in total. The quantitative estimate of drug-likeness (QED) is 0.268. The van der Waals surface area contributed by atoms with Crippen LogP contribution in [0.15, 0.2) is 40.2 Å². The lowest BCUT2D eigenvalue weighted by molar-refractivity contribution is -0.121. The Morgan fingerprint density at radius 2 is 2.07 bits per heavy atom. The second kappa shape index (κ2) is 12.8. The van der Waals surface area contributed by atoms with Crippen molar-refractivity contribution in [1.82, 2.24) is 0 Å². The molecule has 0 unspecified atom stereocenters. The molecule has 0 radical (unpaired) electrons. The average Bonchev–Trinajstić information content (AvgIpc) is 3.23. The molecule has 1 aromatic heterocycles. The molecule has 4 N–H and O–H groups in total. The summed E-state index contributed by atoms with van der Waals surface area (Å²) in [7, 11) is 0. The van der Waals surface area contributed by atoms with E-state index < -0.39 is 24.9 Å². The lowest BCUT2D eigenvalue weighted by atomic mass is 9.89. The summed E-state index contributed by atoms with van der Waals surface area (Å²) in [5.74, 6) is -0.420. The van der Waals surface area contributed by atoms with Crippen molar-refractivity contribution in [2.45, 2.75) is 63.3 Å². The van der Waals surface area contributed by atoms with Gasteiger partial charge in [0.05, 0.1) is 22.1 Å². The number of hydrogen-bond acceptors (Lipinski definition) is 6. The molecular weight excluding hydrogens is 456 g/mol. The number of allylic oxidation sites excluding steroid dienone is 2. The zero-order valence-corrected chi connectivity index (χ0v) is 18.9. The number of carbonyl (C=O) groups is 1. The summed E-state index contributed by atoms with van der Waals surface area (Å²) in [5.41, 5.74) is 0. The van der Waals surface area contributed by atoms with Crippen molar-refractivity contribution in [1.29, 1.82) is 0 Å². The summed E-state index contributed by atoms with van der Waals surface area (Å²) >= 11 is 5.10. The molecule has 7 heteroatoms. The van der Waals surface area contributed by atoms with Gasteiger partial charge in [-0.2, -0.15) is 0 Å². The normalized spacial score (nSPS) is 26.0. The molecule has 162 valence electrons. The first kappa shape index (κ1) is 24.4. The van der Waals surface area contributed by atoms with Crippen molar-refractivity contribution in [3.05, 3.63) is 45.1 Å². The van der Waals surface area contributed by atoms with Crippen LogP contribution >= 0.6 is 27.3 Å². The van der Waals surface area contributed by atoms with E-state index in [4.69, 9.17) is 5.11 Å². The Morgan fingerprint density at radius 1 is 1.28 bits per heavy atom. The van der Waals surface area contributed by atoms with Gasteiger partial charge in [0.2, 0.25) is 0 Å². The molecule has 0 saturated heterocycles. The van der Waals surface area contributed by atoms with Crippen LogP contribution in [0.2, 0.25) is 0 Å². The first-order valence-corrected chi connectivity index (χ1v) is 11.8. The van der Waals surface area contributed by atoms with E-state index in [-0.39, 0.29) is 17.6 Å². The van der Waals surface area contributed by atoms with Crippen LogP contribution in [0.25, 0.3) is 0 Å². The van der Waals surface area contributed by atoms with Gasteiger partial charge in [-0.05, 0) is 66.1 Å². The maximum absolute atomic E-state index is 11.1. The van der Waals surface area contributed by atoms with Gasteiger partial charge in [0, 0.05) is 23.6 Å². The van der Waals surface area contributed by atoms with Gasteiger partial charge in [-0.15, -0.1) is 11.3 Å². The number of hydrogen-bond donors (Lipinski definition) is 4. The Balaban J connectivity index is 1.80. The third-order valence-corrected chi connectivity index (χ3v) is 7.05. The van der Waals surface area contributed by atoms with Crippen molar-refractivity contribution in [3.63, 3.8) is 0 Å². The van der Waals surface area contributed by atoms with Crippen LogP contribution in [-0.2, 0) is 11.2 Å². The largest absolute Gasteiger partial charge is 0.393 e. The number of aliphatic hydroxyl groups is 4. The van der Waals surface area contributed by atoms with Crippen molar-refractivity contribution >= 4 is 33.0 Å². The number of aryl methyl sites for hydroxylation is 1. The molecule has 5 atom stereocenters. The van der Waals surface area contributed by atoms with Gasteiger partial charge >= 0.3 is 0 Å². The molecule has 29 heavy (non-hydrogen) atoms. The van der Waals surface area contributed by atoms with Gasteiger partial charge in [-0.3, -0.25) is 4.79 Å². The molecule has 0 amide bonds. The Bertz CT molecular complexity index is 686. The zero-order valence-electron chi connectivity index (χ0n) is 16.5. The SMILES string of the molecule is O=C(CO)CCCC=CC[C@@H]1[C@@H](C=C[C@@H](O)CCc2ccc(Br)s2)[C@H](O)C[C@@H]1O. The van der Waals surface area contributed by atoms with Crippen LogP contribution in [0.5, 0.6) is 0 Å². The fourth-order valence-electron chi connectivity index (χ4n) is 3.70. The third kappa shape index (κ3) is 8.44. The number of unbranched alkanes of at least 4 members (excludes halogenated alkanes) is 1. The molecular formula is C22H31BrO5S. The second-order valence-electron chi connectivity index (χ2n) is 7.60. The molecule has 1 aliphatic rings. The van der Waals surface area contributed by atoms with Crippen molar-refractivity contribution in [2.24, 2.45) is 11.8 Å². The van der Waals surface area contributed by atoms with Crippen molar-refractivity contribution < 1.29 is 25.2 Å². The van der Waals surface area contributed by atoms with Gasteiger partial charge in [0.25, 0.3) is 0 Å². The Kier molecular flexibility index (Phi) is 10.8. The highest BCUT2D eigenvalue weighted by Crippen LogP contribution is 2.36. The smallest absolute Gasteiger partial charge is 0.158 e. The number of rotatable bonds is 12. The standard InChI is InChI=1S/C22H31BrO5S/c23-22-12-10-17(29-22)9-7-15(25)8-11-19-18(20(27)13-21(19)28)6-4-2-1-3-5-16(26)14-24/h2,4,8,10-12,15,18-21,24-25,27-28H,1,3,5-7,9,13-14H2/t15-,18+,19+,20-,21+/m0/s1.